The fourth-order valence-electron chi connectivity index (χ4n) is 2.18. The Morgan fingerprint density at radius 3 is 2.69 bits per heavy atom. The number of esters is 1. The summed E-state index contributed by atoms with van der Waals surface area (Å²) < 4.78 is 10.3. The lowest BCUT2D eigenvalue weighted by Crippen LogP contribution is -2.22. The molecule has 0 unspecified atom stereocenters. The fraction of sp³-hybridized carbons (Fsp3) is 0.312. The van der Waals surface area contributed by atoms with Crippen LogP contribution in [-0.4, -0.2) is 36.0 Å². The average molecular weight is 363 g/mol. The molecule has 10 nitrogen and oxygen atoms in total. The summed E-state index contributed by atoms with van der Waals surface area (Å²) in [6.07, 6.45) is 1.82. The number of nitro groups is 1. The van der Waals surface area contributed by atoms with Crippen molar-refractivity contribution in [2.45, 2.75) is 19.8 Å². The van der Waals surface area contributed by atoms with Crippen LogP contribution in [0.4, 0.5) is 10.5 Å². The molecule has 1 saturated heterocycles. The molecule has 138 valence electrons. The van der Waals surface area contributed by atoms with Gasteiger partial charge in [0.05, 0.1) is 23.7 Å². The molecule has 0 bridgehead atoms. The van der Waals surface area contributed by atoms with Crippen molar-refractivity contribution in [3.05, 3.63) is 39.6 Å². The Labute approximate surface area is 148 Å². The molecule has 1 aliphatic heterocycles. The number of rotatable bonds is 8. The molecule has 0 radical (unpaired) electrons. The normalized spacial score (nSPS) is 14.7. The van der Waals surface area contributed by atoms with Crippen molar-refractivity contribution in [1.29, 1.82) is 0 Å². The van der Waals surface area contributed by atoms with E-state index in [4.69, 9.17) is 9.47 Å². The molecule has 0 aromatic heterocycles. The predicted octanol–water partition coefficient (Wildman–Crippen LogP) is 1.50. The largest absolute Gasteiger partial charge is 0.494 e. The van der Waals surface area contributed by atoms with E-state index in [1.807, 2.05) is 5.32 Å². The van der Waals surface area contributed by atoms with Crippen LogP contribution in [0, 0.1) is 10.1 Å². The van der Waals surface area contributed by atoms with Crippen LogP contribution in [0.25, 0.3) is 6.08 Å². The smallest absolute Gasteiger partial charge is 0.326 e. The Morgan fingerprint density at radius 2 is 2.08 bits per heavy atom. The maximum Gasteiger partial charge on any atom is 0.326 e. The van der Waals surface area contributed by atoms with Crippen LogP contribution in [0.3, 0.4) is 0 Å². The van der Waals surface area contributed by atoms with E-state index in [0.29, 0.717) is 18.8 Å². The summed E-state index contributed by atoms with van der Waals surface area (Å²) in [7, 11) is 0. The fourth-order valence-corrected chi connectivity index (χ4v) is 2.18. The molecule has 2 N–H and O–H groups in total. The summed E-state index contributed by atoms with van der Waals surface area (Å²) in [6, 6.07) is 3.34. The van der Waals surface area contributed by atoms with Gasteiger partial charge in [0.15, 0.2) is 0 Å². The summed E-state index contributed by atoms with van der Waals surface area (Å²) in [5.41, 5.74) is -0.242. The average Bonchev–Trinajstić information content (AvgIpc) is 2.89. The minimum Gasteiger partial charge on any atom is -0.494 e. The minimum absolute atomic E-state index is 0.0995. The van der Waals surface area contributed by atoms with E-state index in [1.165, 1.54) is 24.3 Å². The number of nitrogens with one attached hydrogen (secondary N) is 2. The van der Waals surface area contributed by atoms with Gasteiger partial charge in [-0.2, -0.15) is 0 Å². The van der Waals surface area contributed by atoms with Gasteiger partial charge in [-0.3, -0.25) is 25.0 Å². The van der Waals surface area contributed by atoms with Gasteiger partial charge in [0.2, 0.25) is 0 Å². The Morgan fingerprint density at radius 1 is 1.31 bits per heavy atom. The highest BCUT2D eigenvalue weighted by atomic mass is 16.6. The molecular formula is C16H17N3O7. The first kappa shape index (κ1) is 18.9. The summed E-state index contributed by atoms with van der Waals surface area (Å²) >= 11 is 0. The molecule has 0 aliphatic carbocycles. The quantitative estimate of drug-likeness (QED) is 0.178. The maximum absolute atomic E-state index is 11.6. The number of urea groups is 1. The Kier molecular flexibility index (Phi) is 6.25. The highest BCUT2D eigenvalue weighted by Crippen LogP contribution is 2.26. The van der Waals surface area contributed by atoms with Crippen molar-refractivity contribution in [2.24, 2.45) is 0 Å². The van der Waals surface area contributed by atoms with Crippen LogP contribution in [0.15, 0.2) is 23.9 Å². The Balaban J connectivity index is 2.09. The summed E-state index contributed by atoms with van der Waals surface area (Å²) in [5.74, 6) is -0.672. The second-order valence-corrected chi connectivity index (χ2v) is 5.20. The molecule has 0 spiro atoms. The number of hydrogen-bond donors (Lipinski definition) is 2. The molecule has 0 saturated carbocycles. The van der Waals surface area contributed by atoms with Crippen LogP contribution < -0.4 is 15.4 Å². The maximum atomic E-state index is 11.6. The molecule has 3 amide bonds. The molecule has 26 heavy (non-hydrogen) atoms. The summed E-state index contributed by atoms with van der Waals surface area (Å²) in [4.78, 5) is 44.5. The van der Waals surface area contributed by atoms with E-state index in [-0.39, 0.29) is 35.9 Å². The van der Waals surface area contributed by atoms with Crippen molar-refractivity contribution in [3.63, 3.8) is 0 Å². The van der Waals surface area contributed by atoms with Crippen molar-refractivity contribution < 1.29 is 28.8 Å². The van der Waals surface area contributed by atoms with Crippen LogP contribution in [0.5, 0.6) is 5.75 Å². The number of ether oxygens (including phenoxy) is 2. The number of benzene rings is 1. The molecule has 1 aromatic carbocycles. The molecule has 0 atom stereocenters. The molecule has 1 fully saturated rings. The Bertz CT molecular complexity index is 773. The first-order chi connectivity index (χ1) is 12.4. The number of hydrogen-bond acceptors (Lipinski definition) is 7. The highest BCUT2D eigenvalue weighted by molar-refractivity contribution is 6.14. The van der Waals surface area contributed by atoms with Crippen LogP contribution in [0.1, 0.15) is 25.3 Å². The van der Waals surface area contributed by atoms with E-state index in [0.717, 1.165) is 0 Å². The van der Waals surface area contributed by atoms with Crippen molar-refractivity contribution in [2.75, 3.05) is 13.2 Å². The first-order valence-corrected chi connectivity index (χ1v) is 7.81. The third-order valence-corrected chi connectivity index (χ3v) is 3.31. The number of nitro benzene ring substituents is 1. The zero-order chi connectivity index (χ0) is 19.1. The van der Waals surface area contributed by atoms with Crippen molar-refractivity contribution >= 4 is 29.7 Å². The molecule has 10 heteroatoms. The number of carbonyl (C=O) groups excluding carboxylic acids is 3. The van der Waals surface area contributed by atoms with Gasteiger partial charge in [0, 0.05) is 12.5 Å². The van der Waals surface area contributed by atoms with Gasteiger partial charge < -0.3 is 14.8 Å². The second kappa shape index (κ2) is 8.60. The third-order valence-electron chi connectivity index (χ3n) is 3.31. The van der Waals surface area contributed by atoms with Gasteiger partial charge in [0.1, 0.15) is 11.4 Å². The zero-order valence-corrected chi connectivity index (χ0v) is 13.9. The standard InChI is InChI=1S/C16H17N3O7/c1-2-25-14(20)4-3-7-26-11-5-6-13(19(23)24)10(8-11)9-12-15(21)18-16(22)17-12/h5-6,8-9H,2-4,7H2,1H3,(H2,17,18,21,22)/b12-9+. The van der Waals surface area contributed by atoms with E-state index < -0.39 is 16.9 Å². The molecule has 1 aromatic rings. The lowest BCUT2D eigenvalue weighted by Gasteiger charge is -2.07. The number of nitrogens with zero attached hydrogens (tertiary/aromatic N) is 1. The lowest BCUT2D eigenvalue weighted by molar-refractivity contribution is -0.385. The SMILES string of the molecule is CCOC(=O)CCCOc1ccc([N+](=O)[O-])c(/C=C2/NC(=O)NC2=O)c1. The van der Waals surface area contributed by atoms with Crippen LogP contribution >= 0.6 is 0 Å². The van der Waals surface area contributed by atoms with Crippen molar-refractivity contribution in [3.8, 4) is 5.75 Å². The van der Waals surface area contributed by atoms with Gasteiger partial charge in [0.25, 0.3) is 11.6 Å². The summed E-state index contributed by atoms with van der Waals surface area (Å²) in [5, 5.41) is 15.4. The second-order valence-electron chi connectivity index (χ2n) is 5.20. The summed E-state index contributed by atoms with van der Waals surface area (Å²) in [6.45, 7) is 2.24. The van der Waals surface area contributed by atoms with Crippen molar-refractivity contribution in [1.82, 2.24) is 10.6 Å². The van der Waals surface area contributed by atoms with E-state index in [2.05, 4.69) is 5.32 Å². The highest BCUT2D eigenvalue weighted by Gasteiger charge is 2.24. The van der Waals surface area contributed by atoms with E-state index in [1.54, 1.807) is 6.92 Å². The number of imide groups is 1. The van der Waals surface area contributed by atoms with Crippen LogP contribution in [0.2, 0.25) is 0 Å². The first-order valence-electron chi connectivity index (χ1n) is 7.81. The molecular weight excluding hydrogens is 346 g/mol. The zero-order valence-electron chi connectivity index (χ0n) is 13.9. The number of carbonyl (C=O) groups is 3. The minimum atomic E-state index is -0.699. The number of amides is 3. The lowest BCUT2D eigenvalue weighted by atomic mass is 10.1. The topological polar surface area (TPSA) is 137 Å². The molecule has 1 heterocycles. The monoisotopic (exact) mass is 363 g/mol. The van der Waals surface area contributed by atoms with Gasteiger partial charge in [-0.1, -0.05) is 0 Å². The van der Waals surface area contributed by atoms with Gasteiger partial charge in [-0.05, 0) is 31.6 Å². The predicted molar refractivity (Wildman–Crippen MR) is 89.1 cm³/mol. The van der Waals surface area contributed by atoms with E-state index >= 15 is 0 Å². The Hall–Kier alpha value is -3.43. The van der Waals surface area contributed by atoms with Gasteiger partial charge in [-0.15, -0.1) is 0 Å². The van der Waals surface area contributed by atoms with E-state index in [9.17, 15) is 24.5 Å². The molecule has 1 aliphatic rings. The van der Waals surface area contributed by atoms with Gasteiger partial charge in [-0.25, -0.2) is 4.79 Å². The van der Waals surface area contributed by atoms with Gasteiger partial charge >= 0.3 is 12.0 Å². The van der Waals surface area contributed by atoms with Crippen LogP contribution in [-0.2, 0) is 14.3 Å². The molecule has 2 rings (SSSR count). The third kappa shape index (κ3) is 5.03.